The maximum Gasteiger partial charge on any atom is 0.225 e. The summed E-state index contributed by atoms with van der Waals surface area (Å²) >= 11 is 0. The zero-order valence-corrected chi connectivity index (χ0v) is 12.3. The molecule has 2 rings (SSSR count). The summed E-state index contributed by atoms with van der Waals surface area (Å²) in [5.74, 6) is 0.869. The number of carbonyl (C=O) groups excluding carboxylic acids is 1. The summed E-state index contributed by atoms with van der Waals surface area (Å²) in [7, 11) is 0. The molecule has 0 heterocycles. The average molecular weight is 271 g/mol. The van der Waals surface area contributed by atoms with E-state index < -0.39 is 0 Å². The maximum absolute atomic E-state index is 11.7. The molecular weight excluding hydrogens is 250 g/mol. The molecule has 2 aromatic carbocycles. The highest BCUT2D eigenvalue weighted by Crippen LogP contribution is 2.20. The summed E-state index contributed by atoms with van der Waals surface area (Å²) in [6.07, 6.45) is 0. The minimum Gasteiger partial charge on any atom is -0.492 e. The molecule has 0 atom stereocenters. The zero-order chi connectivity index (χ0) is 14.6. The van der Waals surface area contributed by atoms with E-state index in [1.165, 1.54) is 5.39 Å². The lowest BCUT2D eigenvalue weighted by atomic mass is 9.96. The first-order valence-corrected chi connectivity index (χ1v) is 6.87. The van der Waals surface area contributed by atoms with Crippen molar-refractivity contribution in [1.82, 2.24) is 5.32 Å². The van der Waals surface area contributed by atoms with Gasteiger partial charge < -0.3 is 10.1 Å². The van der Waals surface area contributed by atoms with Crippen molar-refractivity contribution >= 4 is 16.7 Å². The van der Waals surface area contributed by atoms with Crippen molar-refractivity contribution < 1.29 is 9.53 Å². The van der Waals surface area contributed by atoms with Gasteiger partial charge in [-0.05, 0) is 22.9 Å². The topological polar surface area (TPSA) is 38.3 Å². The summed E-state index contributed by atoms with van der Waals surface area (Å²) in [4.78, 5) is 11.7. The molecule has 0 bridgehead atoms. The average Bonchev–Trinajstić information content (AvgIpc) is 2.42. The van der Waals surface area contributed by atoms with Crippen LogP contribution < -0.4 is 10.1 Å². The van der Waals surface area contributed by atoms with Gasteiger partial charge in [0.1, 0.15) is 12.4 Å². The predicted octanol–water partition coefficient (Wildman–Crippen LogP) is 3.38. The summed E-state index contributed by atoms with van der Waals surface area (Å²) in [6, 6.07) is 14.2. The SMILES string of the molecule is CC(C)(C)C(=O)NCCOc1ccc2ccccc2c1. The number of rotatable bonds is 4. The fourth-order valence-electron chi connectivity index (χ4n) is 1.86. The van der Waals surface area contributed by atoms with Crippen LogP contribution in [-0.2, 0) is 4.79 Å². The summed E-state index contributed by atoms with van der Waals surface area (Å²) in [5.41, 5.74) is -0.358. The molecule has 0 unspecified atom stereocenters. The van der Waals surface area contributed by atoms with Gasteiger partial charge in [0.15, 0.2) is 0 Å². The van der Waals surface area contributed by atoms with Crippen molar-refractivity contribution in [3.8, 4) is 5.75 Å². The lowest BCUT2D eigenvalue weighted by Crippen LogP contribution is -2.37. The Kier molecular flexibility index (Phi) is 4.28. The number of hydrogen-bond donors (Lipinski definition) is 1. The third-order valence-electron chi connectivity index (χ3n) is 3.06. The Morgan fingerprint density at radius 2 is 1.80 bits per heavy atom. The highest BCUT2D eigenvalue weighted by molar-refractivity contribution is 5.83. The second-order valence-corrected chi connectivity index (χ2v) is 5.86. The summed E-state index contributed by atoms with van der Waals surface area (Å²) in [5, 5.41) is 5.22. The van der Waals surface area contributed by atoms with Gasteiger partial charge in [0.2, 0.25) is 5.91 Å². The van der Waals surface area contributed by atoms with Crippen LogP contribution in [0.1, 0.15) is 20.8 Å². The molecule has 0 aliphatic heterocycles. The van der Waals surface area contributed by atoms with E-state index in [2.05, 4.69) is 17.4 Å². The van der Waals surface area contributed by atoms with Crippen LogP contribution in [0.4, 0.5) is 0 Å². The van der Waals surface area contributed by atoms with E-state index in [1.807, 2.05) is 51.1 Å². The number of amides is 1. The normalized spacial score (nSPS) is 11.3. The molecule has 106 valence electrons. The van der Waals surface area contributed by atoms with E-state index in [-0.39, 0.29) is 11.3 Å². The van der Waals surface area contributed by atoms with E-state index in [9.17, 15) is 4.79 Å². The minimum absolute atomic E-state index is 0.0413. The Balaban J connectivity index is 1.86. The molecule has 0 spiro atoms. The van der Waals surface area contributed by atoms with E-state index in [0.29, 0.717) is 13.2 Å². The lowest BCUT2D eigenvalue weighted by Gasteiger charge is -2.17. The number of hydrogen-bond acceptors (Lipinski definition) is 2. The van der Waals surface area contributed by atoms with Crippen molar-refractivity contribution in [2.75, 3.05) is 13.2 Å². The number of ether oxygens (including phenoxy) is 1. The fourth-order valence-corrected chi connectivity index (χ4v) is 1.86. The van der Waals surface area contributed by atoms with Crippen LogP contribution in [0.15, 0.2) is 42.5 Å². The Bertz CT molecular complexity index is 599. The van der Waals surface area contributed by atoms with Crippen LogP contribution in [-0.4, -0.2) is 19.1 Å². The van der Waals surface area contributed by atoms with E-state index in [1.54, 1.807) is 0 Å². The van der Waals surface area contributed by atoms with Gasteiger partial charge in [0.05, 0.1) is 6.54 Å². The maximum atomic E-state index is 11.7. The molecule has 3 nitrogen and oxygen atoms in total. The van der Waals surface area contributed by atoms with Gasteiger partial charge in [-0.3, -0.25) is 4.79 Å². The first kappa shape index (κ1) is 14.4. The molecule has 0 saturated carbocycles. The summed E-state index contributed by atoms with van der Waals surface area (Å²) < 4.78 is 5.66. The molecule has 20 heavy (non-hydrogen) atoms. The molecule has 0 saturated heterocycles. The highest BCUT2D eigenvalue weighted by atomic mass is 16.5. The van der Waals surface area contributed by atoms with Crippen molar-refractivity contribution in [3.05, 3.63) is 42.5 Å². The molecule has 0 aliphatic rings. The smallest absolute Gasteiger partial charge is 0.225 e. The third kappa shape index (κ3) is 3.73. The second-order valence-electron chi connectivity index (χ2n) is 5.86. The van der Waals surface area contributed by atoms with Crippen molar-refractivity contribution in [1.29, 1.82) is 0 Å². The Morgan fingerprint density at radius 1 is 1.10 bits per heavy atom. The van der Waals surface area contributed by atoms with Gasteiger partial charge >= 0.3 is 0 Å². The van der Waals surface area contributed by atoms with E-state index in [4.69, 9.17) is 4.74 Å². The molecular formula is C17H21NO2. The first-order chi connectivity index (χ1) is 9.47. The molecule has 1 N–H and O–H groups in total. The van der Waals surface area contributed by atoms with Crippen LogP contribution in [0.25, 0.3) is 10.8 Å². The predicted molar refractivity (Wildman–Crippen MR) is 81.9 cm³/mol. The van der Waals surface area contributed by atoms with Gasteiger partial charge in [-0.2, -0.15) is 0 Å². The molecule has 1 amide bonds. The quantitative estimate of drug-likeness (QED) is 0.866. The van der Waals surface area contributed by atoms with Gasteiger partial charge in [0, 0.05) is 5.41 Å². The highest BCUT2D eigenvalue weighted by Gasteiger charge is 2.20. The molecule has 0 fully saturated rings. The van der Waals surface area contributed by atoms with E-state index in [0.717, 1.165) is 11.1 Å². The van der Waals surface area contributed by atoms with Crippen LogP contribution in [0.3, 0.4) is 0 Å². The van der Waals surface area contributed by atoms with E-state index >= 15 is 0 Å². The third-order valence-corrected chi connectivity index (χ3v) is 3.06. The minimum atomic E-state index is -0.358. The van der Waals surface area contributed by atoms with Crippen molar-refractivity contribution in [2.24, 2.45) is 5.41 Å². The Morgan fingerprint density at radius 3 is 2.50 bits per heavy atom. The number of benzene rings is 2. The monoisotopic (exact) mass is 271 g/mol. The molecule has 2 aromatic rings. The molecule has 0 aromatic heterocycles. The molecule has 0 aliphatic carbocycles. The molecule has 0 radical (unpaired) electrons. The number of carbonyl (C=O) groups is 1. The number of fused-ring (bicyclic) bond motifs is 1. The fraction of sp³-hybridized carbons (Fsp3) is 0.353. The van der Waals surface area contributed by atoms with Crippen LogP contribution >= 0.6 is 0 Å². The van der Waals surface area contributed by atoms with Gasteiger partial charge in [-0.25, -0.2) is 0 Å². The van der Waals surface area contributed by atoms with Crippen LogP contribution in [0.5, 0.6) is 5.75 Å². The van der Waals surface area contributed by atoms with Crippen molar-refractivity contribution in [3.63, 3.8) is 0 Å². The zero-order valence-electron chi connectivity index (χ0n) is 12.3. The van der Waals surface area contributed by atoms with Crippen LogP contribution in [0.2, 0.25) is 0 Å². The largest absolute Gasteiger partial charge is 0.492 e. The van der Waals surface area contributed by atoms with Crippen molar-refractivity contribution in [2.45, 2.75) is 20.8 Å². The van der Waals surface area contributed by atoms with Gasteiger partial charge in [-0.15, -0.1) is 0 Å². The standard InChI is InChI=1S/C17H21NO2/c1-17(2,3)16(19)18-10-11-20-15-9-8-13-6-4-5-7-14(13)12-15/h4-9,12H,10-11H2,1-3H3,(H,18,19). The molecule has 3 heteroatoms. The first-order valence-electron chi connectivity index (χ1n) is 6.87. The number of nitrogens with one attached hydrogen (secondary N) is 1. The van der Waals surface area contributed by atoms with Crippen LogP contribution in [0, 0.1) is 5.41 Å². The second kappa shape index (κ2) is 5.95. The van der Waals surface area contributed by atoms with Gasteiger partial charge in [-0.1, -0.05) is 51.1 Å². The Hall–Kier alpha value is -2.03. The van der Waals surface area contributed by atoms with Gasteiger partial charge in [0.25, 0.3) is 0 Å². The lowest BCUT2D eigenvalue weighted by molar-refractivity contribution is -0.128. The Labute approximate surface area is 119 Å². The summed E-state index contributed by atoms with van der Waals surface area (Å²) in [6.45, 7) is 6.68.